The molecule has 0 fully saturated rings. The molecular formula is C14H11Cl2F2N. The molecule has 2 N–H and O–H groups in total. The minimum Gasteiger partial charge on any atom is -0.324 e. The van der Waals surface area contributed by atoms with Gasteiger partial charge in [-0.25, -0.2) is 8.78 Å². The van der Waals surface area contributed by atoms with Gasteiger partial charge in [-0.1, -0.05) is 23.2 Å². The van der Waals surface area contributed by atoms with Crippen LogP contribution < -0.4 is 5.73 Å². The smallest absolute Gasteiger partial charge is 0.128 e. The van der Waals surface area contributed by atoms with Gasteiger partial charge < -0.3 is 5.73 Å². The lowest BCUT2D eigenvalue weighted by Crippen LogP contribution is -2.15. The van der Waals surface area contributed by atoms with Crippen molar-refractivity contribution in [1.82, 2.24) is 0 Å². The molecule has 1 atom stereocenters. The molecule has 5 heteroatoms. The summed E-state index contributed by atoms with van der Waals surface area (Å²) in [6.45, 7) is 0. The Morgan fingerprint density at radius 2 is 1.79 bits per heavy atom. The molecule has 0 aliphatic carbocycles. The third-order valence-electron chi connectivity index (χ3n) is 2.81. The molecule has 2 rings (SSSR count). The first-order chi connectivity index (χ1) is 8.97. The first-order valence-electron chi connectivity index (χ1n) is 5.62. The summed E-state index contributed by atoms with van der Waals surface area (Å²) in [5.74, 6) is -0.845. The summed E-state index contributed by atoms with van der Waals surface area (Å²) in [7, 11) is 0. The maximum atomic E-state index is 13.7. The first kappa shape index (κ1) is 14.3. The van der Waals surface area contributed by atoms with Crippen LogP contribution in [0.4, 0.5) is 8.78 Å². The molecule has 1 unspecified atom stereocenters. The normalized spacial score (nSPS) is 12.5. The van der Waals surface area contributed by atoms with E-state index in [-0.39, 0.29) is 12.0 Å². The third kappa shape index (κ3) is 3.44. The predicted octanol–water partition coefficient (Wildman–Crippen LogP) is 4.51. The maximum Gasteiger partial charge on any atom is 0.128 e. The molecule has 0 bridgehead atoms. The van der Waals surface area contributed by atoms with Crippen molar-refractivity contribution in [3.63, 3.8) is 0 Å². The molecule has 0 aliphatic heterocycles. The quantitative estimate of drug-likeness (QED) is 0.886. The fourth-order valence-electron chi connectivity index (χ4n) is 1.85. The van der Waals surface area contributed by atoms with E-state index in [1.165, 1.54) is 36.4 Å². The Labute approximate surface area is 119 Å². The molecular weight excluding hydrogens is 291 g/mol. The molecule has 100 valence electrons. The van der Waals surface area contributed by atoms with E-state index in [1.807, 2.05) is 0 Å². The van der Waals surface area contributed by atoms with E-state index < -0.39 is 17.7 Å². The highest BCUT2D eigenvalue weighted by Crippen LogP contribution is 2.26. The molecule has 19 heavy (non-hydrogen) atoms. The summed E-state index contributed by atoms with van der Waals surface area (Å²) in [4.78, 5) is 0. The van der Waals surface area contributed by atoms with Crippen LogP contribution in [0.1, 0.15) is 17.2 Å². The molecule has 2 aromatic rings. The van der Waals surface area contributed by atoms with Crippen molar-refractivity contribution >= 4 is 23.2 Å². The molecule has 0 aliphatic rings. The van der Waals surface area contributed by atoms with Gasteiger partial charge >= 0.3 is 0 Å². The van der Waals surface area contributed by atoms with E-state index in [0.29, 0.717) is 15.6 Å². The van der Waals surface area contributed by atoms with Crippen molar-refractivity contribution in [2.24, 2.45) is 5.73 Å². The van der Waals surface area contributed by atoms with Crippen LogP contribution in [-0.4, -0.2) is 0 Å². The summed E-state index contributed by atoms with van der Waals surface area (Å²) < 4.78 is 26.8. The van der Waals surface area contributed by atoms with Gasteiger partial charge in [0.05, 0.1) is 0 Å². The van der Waals surface area contributed by atoms with Crippen molar-refractivity contribution in [3.05, 3.63) is 69.2 Å². The number of benzene rings is 2. The lowest BCUT2D eigenvalue weighted by molar-refractivity contribution is 0.578. The van der Waals surface area contributed by atoms with Crippen LogP contribution in [0.3, 0.4) is 0 Å². The zero-order chi connectivity index (χ0) is 14.0. The fraction of sp³-hybridized carbons (Fsp3) is 0.143. The Morgan fingerprint density at radius 1 is 1.05 bits per heavy atom. The minimum atomic E-state index is -0.641. The Bertz CT molecular complexity index is 602. The van der Waals surface area contributed by atoms with Gasteiger partial charge in [0, 0.05) is 21.7 Å². The second-order valence-electron chi connectivity index (χ2n) is 4.21. The van der Waals surface area contributed by atoms with Crippen LogP contribution in [0.25, 0.3) is 0 Å². The molecule has 0 radical (unpaired) electrons. The second kappa shape index (κ2) is 5.87. The number of hydrogen-bond acceptors (Lipinski definition) is 1. The fourth-order valence-corrected chi connectivity index (χ4v) is 2.22. The molecule has 0 saturated carbocycles. The zero-order valence-corrected chi connectivity index (χ0v) is 11.3. The van der Waals surface area contributed by atoms with Gasteiger partial charge in [-0.15, -0.1) is 0 Å². The van der Waals surface area contributed by atoms with Crippen molar-refractivity contribution < 1.29 is 8.78 Å². The molecule has 0 saturated heterocycles. The van der Waals surface area contributed by atoms with Crippen LogP contribution in [0, 0.1) is 11.6 Å². The SMILES string of the molecule is NC(Cc1cc(F)ccc1Cl)c1cc(Cl)ccc1F. The van der Waals surface area contributed by atoms with Crippen LogP contribution in [0.5, 0.6) is 0 Å². The molecule has 1 nitrogen and oxygen atoms in total. The van der Waals surface area contributed by atoms with E-state index in [2.05, 4.69) is 0 Å². The number of halogens is 4. The maximum absolute atomic E-state index is 13.7. The van der Waals surface area contributed by atoms with Crippen LogP contribution in [0.15, 0.2) is 36.4 Å². The third-order valence-corrected chi connectivity index (χ3v) is 3.41. The highest BCUT2D eigenvalue weighted by molar-refractivity contribution is 6.31. The Balaban J connectivity index is 2.27. The standard InChI is InChI=1S/C14H11Cl2F2N/c15-9-1-4-13(18)11(7-9)14(19)6-8-5-10(17)2-3-12(8)16/h1-5,7,14H,6,19H2. The van der Waals surface area contributed by atoms with Crippen molar-refractivity contribution in [2.45, 2.75) is 12.5 Å². The van der Waals surface area contributed by atoms with E-state index in [0.717, 1.165) is 0 Å². The average molecular weight is 302 g/mol. The summed E-state index contributed by atoms with van der Waals surface area (Å²) in [5.41, 5.74) is 6.76. The predicted molar refractivity (Wildman–Crippen MR) is 73.5 cm³/mol. The summed E-state index contributed by atoms with van der Waals surface area (Å²) in [6.07, 6.45) is 0.230. The largest absolute Gasteiger partial charge is 0.324 e. The van der Waals surface area contributed by atoms with E-state index >= 15 is 0 Å². The lowest BCUT2D eigenvalue weighted by Gasteiger charge is -2.14. The molecule has 0 heterocycles. The van der Waals surface area contributed by atoms with Crippen LogP contribution >= 0.6 is 23.2 Å². The van der Waals surface area contributed by atoms with Gasteiger partial charge in [-0.05, 0) is 48.4 Å². The number of rotatable bonds is 3. The summed E-state index contributed by atoms with van der Waals surface area (Å²) in [5, 5.41) is 0.802. The first-order valence-corrected chi connectivity index (χ1v) is 6.37. The zero-order valence-electron chi connectivity index (χ0n) is 9.84. The Hall–Kier alpha value is -1.16. The van der Waals surface area contributed by atoms with Crippen molar-refractivity contribution in [2.75, 3.05) is 0 Å². The highest BCUT2D eigenvalue weighted by atomic mass is 35.5. The van der Waals surface area contributed by atoms with E-state index in [1.54, 1.807) is 0 Å². The minimum absolute atomic E-state index is 0.230. The van der Waals surface area contributed by atoms with E-state index in [9.17, 15) is 8.78 Å². The second-order valence-corrected chi connectivity index (χ2v) is 5.06. The Kier molecular flexibility index (Phi) is 4.40. The van der Waals surface area contributed by atoms with Crippen LogP contribution in [0.2, 0.25) is 10.0 Å². The monoisotopic (exact) mass is 301 g/mol. The van der Waals surface area contributed by atoms with Gasteiger partial charge in [-0.2, -0.15) is 0 Å². The van der Waals surface area contributed by atoms with E-state index in [4.69, 9.17) is 28.9 Å². The highest BCUT2D eigenvalue weighted by Gasteiger charge is 2.14. The summed E-state index contributed by atoms with van der Waals surface area (Å²) >= 11 is 11.8. The molecule has 2 aromatic carbocycles. The molecule has 0 aromatic heterocycles. The van der Waals surface area contributed by atoms with Gasteiger partial charge in [0.1, 0.15) is 11.6 Å². The van der Waals surface area contributed by atoms with Crippen LogP contribution in [-0.2, 0) is 6.42 Å². The van der Waals surface area contributed by atoms with Gasteiger partial charge in [0.25, 0.3) is 0 Å². The molecule has 0 spiro atoms. The topological polar surface area (TPSA) is 26.0 Å². The van der Waals surface area contributed by atoms with Gasteiger partial charge in [-0.3, -0.25) is 0 Å². The van der Waals surface area contributed by atoms with Gasteiger partial charge in [0.15, 0.2) is 0 Å². The summed E-state index contributed by atoms with van der Waals surface area (Å²) in [6, 6.07) is 7.54. The number of nitrogens with two attached hydrogens (primary N) is 1. The lowest BCUT2D eigenvalue weighted by atomic mass is 9.99. The van der Waals surface area contributed by atoms with Crippen molar-refractivity contribution in [3.8, 4) is 0 Å². The average Bonchev–Trinajstić information content (AvgIpc) is 2.36. The Morgan fingerprint density at radius 3 is 2.53 bits per heavy atom. The molecule has 0 amide bonds. The van der Waals surface area contributed by atoms with Crippen molar-refractivity contribution in [1.29, 1.82) is 0 Å². The number of hydrogen-bond donors (Lipinski definition) is 1. The van der Waals surface area contributed by atoms with Gasteiger partial charge in [0.2, 0.25) is 0 Å².